The van der Waals surface area contributed by atoms with Crippen molar-refractivity contribution in [3.8, 4) is 0 Å². The predicted octanol–water partition coefficient (Wildman–Crippen LogP) is 3.52. The topological polar surface area (TPSA) is 53.6 Å². The van der Waals surface area contributed by atoms with Gasteiger partial charge in [-0.15, -0.1) is 0 Å². The van der Waals surface area contributed by atoms with E-state index in [0.717, 1.165) is 50.3 Å². The summed E-state index contributed by atoms with van der Waals surface area (Å²) in [4.78, 5) is 14.6. The second kappa shape index (κ2) is 10.1. The van der Waals surface area contributed by atoms with Crippen molar-refractivity contribution in [2.45, 2.75) is 19.4 Å². The minimum absolute atomic E-state index is 0.141. The van der Waals surface area contributed by atoms with Crippen molar-refractivity contribution in [3.05, 3.63) is 65.7 Å². The van der Waals surface area contributed by atoms with Crippen LogP contribution < -0.4 is 10.6 Å². The lowest BCUT2D eigenvalue weighted by Crippen LogP contribution is -2.34. The summed E-state index contributed by atoms with van der Waals surface area (Å²) >= 11 is 0. The van der Waals surface area contributed by atoms with Gasteiger partial charge in [-0.05, 0) is 48.6 Å². The zero-order chi connectivity index (χ0) is 18.9. The fourth-order valence-corrected chi connectivity index (χ4v) is 3.48. The fraction of sp³-hybridized carbons (Fsp3) is 0.409. The number of methoxy groups -OCH3 is 1. The van der Waals surface area contributed by atoms with Crippen LogP contribution in [0.5, 0.6) is 0 Å². The first-order valence-corrected chi connectivity index (χ1v) is 9.62. The molecule has 0 spiro atoms. The van der Waals surface area contributed by atoms with Crippen LogP contribution >= 0.6 is 0 Å². The van der Waals surface area contributed by atoms with E-state index in [1.807, 2.05) is 24.3 Å². The van der Waals surface area contributed by atoms with Gasteiger partial charge in [0.25, 0.3) is 0 Å². The van der Waals surface area contributed by atoms with E-state index < -0.39 is 0 Å². The zero-order valence-electron chi connectivity index (χ0n) is 16.0. The average Bonchev–Trinajstić information content (AvgIpc) is 3.15. The maximum Gasteiger partial charge on any atom is 0.319 e. The van der Waals surface area contributed by atoms with E-state index >= 15 is 0 Å². The van der Waals surface area contributed by atoms with Gasteiger partial charge in [-0.2, -0.15) is 0 Å². The number of likely N-dealkylation sites (tertiary alicyclic amines) is 1. The van der Waals surface area contributed by atoms with Gasteiger partial charge in [0.1, 0.15) is 0 Å². The van der Waals surface area contributed by atoms with E-state index in [1.54, 1.807) is 7.11 Å². The summed E-state index contributed by atoms with van der Waals surface area (Å²) in [7, 11) is 1.67. The summed E-state index contributed by atoms with van der Waals surface area (Å²) in [5.74, 6) is 0.524. The molecule has 1 saturated heterocycles. The maximum absolute atomic E-state index is 12.1. The minimum atomic E-state index is -0.141. The first kappa shape index (κ1) is 19.4. The Morgan fingerprint density at radius 1 is 1.11 bits per heavy atom. The smallest absolute Gasteiger partial charge is 0.319 e. The molecule has 5 nitrogen and oxygen atoms in total. The van der Waals surface area contributed by atoms with Crippen molar-refractivity contribution in [3.63, 3.8) is 0 Å². The van der Waals surface area contributed by atoms with Crippen LogP contribution in [0.25, 0.3) is 0 Å². The third kappa shape index (κ3) is 6.38. The molecule has 2 N–H and O–H groups in total. The SMILES string of the molecule is COCc1ccc(NC(=O)NC[C@H]2CCN(CCc3ccccc3)C2)cc1. The van der Waals surface area contributed by atoms with Crippen molar-refractivity contribution in [2.75, 3.05) is 38.6 Å². The predicted molar refractivity (Wildman–Crippen MR) is 109 cm³/mol. The van der Waals surface area contributed by atoms with Crippen LogP contribution in [0.2, 0.25) is 0 Å². The Bertz CT molecular complexity index is 703. The van der Waals surface area contributed by atoms with Gasteiger partial charge in [-0.3, -0.25) is 0 Å². The number of rotatable bonds is 8. The van der Waals surface area contributed by atoms with E-state index in [0.29, 0.717) is 12.5 Å². The highest BCUT2D eigenvalue weighted by atomic mass is 16.5. The van der Waals surface area contributed by atoms with E-state index in [-0.39, 0.29) is 6.03 Å². The Balaban J connectivity index is 1.34. The van der Waals surface area contributed by atoms with Crippen molar-refractivity contribution in [1.82, 2.24) is 10.2 Å². The molecule has 144 valence electrons. The van der Waals surface area contributed by atoms with Crippen molar-refractivity contribution in [1.29, 1.82) is 0 Å². The largest absolute Gasteiger partial charge is 0.380 e. The van der Waals surface area contributed by atoms with Gasteiger partial charge >= 0.3 is 6.03 Å². The quantitative estimate of drug-likeness (QED) is 0.751. The summed E-state index contributed by atoms with van der Waals surface area (Å²) in [5.41, 5.74) is 3.27. The van der Waals surface area contributed by atoms with Gasteiger partial charge in [-0.1, -0.05) is 42.5 Å². The lowest BCUT2D eigenvalue weighted by molar-refractivity contribution is 0.185. The second-order valence-corrected chi connectivity index (χ2v) is 7.16. The molecular weight excluding hydrogens is 338 g/mol. The first-order chi connectivity index (χ1) is 13.2. The molecule has 27 heavy (non-hydrogen) atoms. The van der Waals surface area contributed by atoms with Crippen LogP contribution in [0.15, 0.2) is 54.6 Å². The van der Waals surface area contributed by atoms with Gasteiger partial charge in [0, 0.05) is 32.4 Å². The molecule has 1 aliphatic heterocycles. The number of nitrogens with one attached hydrogen (secondary N) is 2. The Morgan fingerprint density at radius 2 is 1.89 bits per heavy atom. The van der Waals surface area contributed by atoms with E-state index in [1.165, 1.54) is 5.56 Å². The average molecular weight is 367 g/mol. The van der Waals surface area contributed by atoms with Crippen LogP contribution in [-0.2, 0) is 17.8 Å². The molecule has 2 amide bonds. The molecule has 0 unspecified atom stereocenters. The third-order valence-corrected chi connectivity index (χ3v) is 5.00. The summed E-state index contributed by atoms with van der Waals surface area (Å²) in [6, 6.07) is 18.2. The monoisotopic (exact) mass is 367 g/mol. The Kier molecular flexibility index (Phi) is 7.25. The number of hydrogen-bond donors (Lipinski definition) is 2. The number of carbonyl (C=O) groups excluding carboxylic acids is 1. The molecule has 1 heterocycles. The zero-order valence-corrected chi connectivity index (χ0v) is 16.0. The number of anilines is 1. The number of amides is 2. The molecule has 0 aliphatic carbocycles. The van der Waals surface area contributed by atoms with Crippen LogP contribution in [0.3, 0.4) is 0 Å². The summed E-state index contributed by atoms with van der Waals surface area (Å²) in [6.07, 6.45) is 2.22. The van der Waals surface area contributed by atoms with Crippen LogP contribution in [-0.4, -0.2) is 44.2 Å². The Morgan fingerprint density at radius 3 is 2.63 bits per heavy atom. The Hall–Kier alpha value is -2.37. The van der Waals surface area contributed by atoms with Gasteiger partial charge in [0.2, 0.25) is 0 Å². The molecule has 1 aliphatic rings. The van der Waals surface area contributed by atoms with E-state index in [2.05, 4.69) is 45.9 Å². The van der Waals surface area contributed by atoms with E-state index in [4.69, 9.17) is 4.74 Å². The van der Waals surface area contributed by atoms with Crippen LogP contribution in [0, 0.1) is 5.92 Å². The molecule has 1 atom stereocenters. The molecule has 2 aromatic carbocycles. The summed E-state index contributed by atoms with van der Waals surface area (Å²) in [6.45, 7) is 4.55. The minimum Gasteiger partial charge on any atom is -0.380 e. The molecule has 5 heteroatoms. The van der Waals surface area contributed by atoms with Gasteiger partial charge in [0.05, 0.1) is 6.61 Å². The molecule has 1 fully saturated rings. The van der Waals surface area contributed by atoms with Crippen molar-refractivity contribution in [2.24, 2.45) is 5.92 Å². The molecule has 3 rings (SSSR count). The number of nitrogens with zero attached hydrogens (tertiary/aromatic N) is 1. The standard InChI is InChI=1S/C22H29N3O2/c1-27-17-19-7-9-21(10-8-19)24-22(26)23-15-20-12-14-25(16-20)13-11-18-5-3-2-4-6-18/h2-10,20H,11-17H2,1H3,(H2,23,24,26)/t20-/m1/s1. The number of ether oxygens (including phenoxy) is 1. The number of urea groups is 1. The van der Waals surface area contributed by atoms with Crippen molar-refractivity contribution >= 4 is 11.7 Å². The third-order valence-electron chi connectivity index (χ3n) is 5.00. The highest BCUT2D eigenvalue weighted by Gasteiger charge is 2.22. The van der Waals surface area contributed by atoms with Gasteiger partial charge in [-0.25, -0.2) is 4.79 Å². The van der Waals surface area contributed by atoms with Gasteiger partial charge in [0.15, 0.2) is 0 Å². The lowest BCUT2D eigenvalue weighted by atomic mass is 10.1. The van der Waals surface area contributed by atoms with Crippen LogP contribution in [0.4, 0.5) is 10.5 Å². The highest BCUT2D eigenvalue weighted by Crippen LogP contribution is 2.16. The fourth-order valence-electron chi connectivity index (χ4n) is 3.48. The maximum atomic E-state index is 12.1. The lowest BCUT2D eigenvalue weighted by Gasteiger charge is -2.16. The highest BCUT2D eigenvalue weighted by molar-refractivity contribution is 5.89. The summed E-state index contributed by atoms with van der Waals surface area (Å²) < 4.78 is 5.09. The second-order valence-electron chi connectivity index (χ2n) is 7.16. The first-order valence-electron chi connectivity index (χ1n) is 9.62. The number of hydrogen-bond acceptors (Lipinski definition) is 3. The van der Waals surface area contributed by atoms with E-state index in [9.17, 15) is 4.79 Å². The van der Waals surface area contributed by atoms with Gasteiger partial charge < -0.3 is 20.3 Å². The summed E-state index contributed by atoms with van der Waals surface area (Å²) in [5, 5.41) is 5.89. The van der Waals surface area contributed by atoms with Crippen LogP contribution in [0.1, 0.15) is 17.5 Å². The number of benzene rings is 2. The number of carbonyl (C=O) groups is 1. The molecular formula is C22H29N3O2. The molecule has 2 aromatic rings. The molecule has 0 saturated carbocycles. The normalized spacial score (nSPS) is 17.0. The molecule has 0 bridgehead atoms. The molecule has 0 radical (unpaired) electrons. The molecule has 0 aromatic heterocycles. The van der Waals surface area contributed by atoms with Crippen molar-refractivity contribution < 1.29 is 9.53 Å². The Labute approximate surface area is 161 Å².